The maximum atomic E-state index is 10.5. The monoisotopic (exact) mass is 353 g/mol. The molecule has 2 N–H and O–H groups in total. The van der Waals surface area contributed by atoms with Gasteiger partial charge in [0, 0.05) is 50.1 Å². The first-order valence-corrected chi connectivity index (χ1v) is 9.64. The molecular weight excluding hydrogens is 326 g/mol. The van der Waals surface area contributed by atoms with Crippen LogP contribution in [0.3, 0.4) is 0 Å². The highest BCUT2D eigenvalue weighted by atomic mass is 16.3. The summed E-state index contributed by atoms with van der Waals surface area (Å²) in [7, 11) is 0. The van der Waals surface area contributed by atoms with Crippen molar-refractivity contribution in [2.45, 2.75) is 37.7 Å². The minimum atomic E-state index is -0.476. The molecule has 6 nitrogen and oxygen atoms in total. The normalized spacial score (nSPS) is 20.0. The molecule has 3 heterocycles. The Bertz CT molecular complexity index is 694. The Morgan fingerprint density at radius 2 is 1.81 bits per heavy atom. The van der Waals surface area contributed by atoms with Gasteiger partial charge in [0.05, 0.1) is 11.3 Å². The molecule has 1 aliphatic heterocycles. The lowest BCUT2D eigenvalue weighted by molar-refractivity contribution is 0.00411. The Kier molecular flexibility index (Phi) is 5.13. The quantitative estimate of drug-likeness (QED) is 0.830. The number of aliphatic hydroxyl groups is 1. The number of anilines is 1. The van der Waals surface area contributed by atoms with Crippen LogP contribution in [0.2, 0.25) is 0 Å². The molecule has 2 fully saturated rings. The standard InChI is InChI=1S/C20H27N5O/c26-20(8-2-1-3-9-20)15-22-12-16-13-25(14-16)19-5-4-18(23-24-19)17-6-10-21-11-7-17/h4-7,10-11,16,22,26H,1-3,8-9,12-15H2. The van der Waals surface area contributed by atoms with E-state index in [-0.39, 0.29) is 0 Å². The molecule has 1 saturated heterocycles. The second kappa shape index (κ2) is 7.68. The highest BCUT2D eigenvalue weighted by Crippen LogP contribution is 2.28. The predicted molar refractivity (Wildman–Crippen MR) is 102 cm³/mol. The summed E-state index contributed by atoms with van der Waals surface area (Å²) in [6.07, 6.45) is 8.99. The van der Waals surface area contributed by atoms with E-state index in [1.54, 1.807) is 12.4 Å². The van der Waals surface area contributed by atoms with Crippen molar-refractivity contribution in [2.75, 3.05) is 31.1 Å². The van der Waals surface area contributed by atoms with Gasteiger partial charge in [0.2, 0.25) is 0 Å². The number of hydrogen-bond donors (Lipinski definition) is 2. The van der Waals surface area contributed by atoms with E-state index in [0.717, 1.165) is 68.9 Å². The number of nitrogens with zero attached hydrogens (tertiary/aromatic N) is 4. The predicted octanol–water partition coefficient (Wildman–Crippen LogP) is 2.26. The van der Waals surface area contributed by atoms with Gasteiger partial charge < -0.3 is 15.3 Å². The van der Waals surface area contributed by atoms with Crippen LogP contribution in [0, 0.1) is 5.92 Å². The van der Waals surface area contributed by atoms with Gasteiger partial charge in [-0.3, -0.25) is 4.98 Å². The van der Waals surface area contributed by atoms with Crippen LogP contribution in [-0.4, -0.2) is 52.1 Å². The summed E-state index contributed by atoms with van der Waals surface area (Å²) in [5.74, 6) is 1.55. The van der Waals surface area contributed by atoms with E-state index >= 15 is 0 Å². The molecule has 0 unspecified atom stereocenters. The van der Waals surface area contributed by atoms with Crippen LogP contribution in [0.15, 0.2) is 36.7 Å². The Morgan fingerprint density at radius 1 is 1.04 bits per heavy atom. The molecule has 1 saturated carbocycles. The van der Waals surface area contributed by atoms with Crippen molar-refractivity contribution in [1.82, 2.24) is 20.5 Å². The summed E-state index contributed by atoms with van der Waals surface area (Å²) in [6.45, 7) is 3.68. The third-order valence-electron chi connectivity index (χ3n) is 5.58. The highest BCUT2D eigenvalue weighted by molar-refractivity contribution is 5.59. The molecule has 0 radical (unpaired) electrons. The summed E-state index contributed by atoms with van der Waals surface area (Å²) in [6, 6.07) is 7.93. The van der Waals surface area contributed by atoms with Gasteiger partial charge in [0.25, 0.3) is 0 Å². The first-order chi connectivity index (χ1) is 12.7. The third kappa shape index (κ3) is 4.02. The van der Waals surface area contributed by atoms with Crippen molar-refractivity contribution in [3.63, 3.8) is 0 Å². The lowest BCUT2D eigenvalue weighted by Gasteiger charge is -2.41. The molecule has 4 rings (SSSR count). The minimum Gasteiger partial charge on any atom is -0.389 e. The van der Waals surface area contributed by atoms with E-state index in [2.05, 4.69) is 25.4 Å². The van der Waals surface area contributed by atoms with E-state index in [9.17, 15) is 5.11 Å². The lowest BCUT2D eigenvalue weighted by Crippen LogP contribution is -2.53. The van der Waals surface area contributed by atoms with E-state index in [0.29, 0.717) is 5.92 Å². The number of hydrogen-bond acceptors (Lipinski definition) is 6. The van der Waals surface area contributed by atoms with Crippen LogP contribution >= 0.6 is 0 Å². The highest BCUT2D eigenvalue weighted by Gasteiger charge is 2.31. The SMILES string of the molecule is OC1(CNCC2CN(c3ccc(-c4ccncc4)nn3)C2)CCCCC1. The first-order valence-electron chi connectivity index (χ1n) is 9.64. The zero-order valence-corrected chi connectivity index (χ0v) is 15.1. The van der Waals surface area contributed by atoms with Crippen LogP contribution in [0.4, 0.5) is 5.82 Å². The van der Waals surface area contributed by atoms with Gasteiger partial charge in [-0.15, -0.1) is 10.2 Å². The summed E-state index contributed by atoms with van der Waals surface area (Å²) < 4.78 is 0. The average Bonchev–Trinajstić information content (AvgIpc) is 2.65. The molecule has 0 atom stereocenters. The number of nitrogens with one attached hydrogen (secondary N) is 1. The van der Waals surface area contributed by atoms with Gasteiger partial charge in [-0.05, 0) is 37.1 Å². The van der Waals surface area contributed by atoms with Gasteiger partial charge >= 0.3 is 0 Å². The molecule has 0 aromatic carbocycles. The zero-order chi connectivity index (χ0) is 17.8. The average molecular weight is 353 g/mol. The Balaban J connectivity index is 1.22. The van der Waals surface area contributed by atoms with Gasteiger partial charge in [0.15, 0.2) is 5.82 Å². The van der Waals surface area contributed by atoms with Gasteiger partial charge in [-0.1, -0.05) is 19.3 Å². The van der Waals surface area contributed by atoms with Crippen LogP contribution in [0.1, 0.15) is 32.1 Å². The molecule has 2 aliphatic rings. The third-order valence-corrected chi connectivity index (χ3v) is 5.58. The van der Waals surface area contributed by atoms with Crippen LogP contribution in [0.25, 0.3) is 11.3 Å². The van der Waals surface area contributed by atoms with Crippen LogP contribution < -0.4 is 10.2 Å². The summed E-state index contributed by atoms with van der Waals surface area (Å²) in [5.41, 5.74) is 1.43. The van der Waals surface area contributed by atoms with Gasteiger partial charge in [-0.25, -0.2) is 0 Å². The van der Waals surface area contributed by atoms with Gasteiger partial charge in [-0.2, -0.15) is 0 Å². The van der Waals surface area contributed by atoms with Gasteiger partial charge in [0.1, 0.15) is 0 Å². The van der Waals surface area contributed by atoms with E-state index in [4.69, 9.17) is 0 Å². The Morgan fingerprint density at radius 3 is 2.50 bits per heavy atom. The van der Waals surface area contributed by atoms with Crippen molar-refractivity contribution in [3.05, 3.63) is 36.7 Å². The first kappa shape index (κ1) is 17.4. The smallest absolute Gasteiger partial charge is 0.151 e. The summed E-state index contributed by atoms with van der Waals surface area (Å²) in [4.78, 5) is 6.28. The fraction of sp³-hybridized carbons (Fsp3) is 0.550. The molecule has 6 heteroatoms. The van der Waals surface area contributed by atoms with Crippen molar-refractivity contribution in [2.24, 2.45) is 5.92 Å². The molecule has 0 bridgehead atoms. The van der Waals surface area contributed by atoms with Crippen molar-refractivity contribution < 1.29 is 5.11 Å². The van der Waals surface area contributed by atoms with E-state index in [1.807, 2.05) is 24.3 Å². The molecule has 0 spiro atoms. The fourth-order valence-electron chi connectivity index (χ4n) is 3.95. The Labute approximate surface area is 154 Å². The maximum absolute atomic E-state index is 10.5. The van der Waals surface area contributed by atoms with Crippen molar-refractivity contribution in [3.8, 4) is 11.3 Å². The number of rotatable bonds is 6. The summed E-state index contributed by atoms with van der Waals surface area (Å²) >= 11 is 0. The molecule has 2 aromatic heterocycles. The molecule has 138 valence electrons. The molecule has 2 aromatic rings. The zero-order valence-electron chi connectivity index (χ0n) is 15.1. The van der Waals surface area contributed by atoms with Crippen molar-refractivity contribution >= 4 is 5.82 Å². The minimum absolute atomic E-state index is 0.476. The summed E-state index contributed by atoms with van der Waals surface area (Å²) in [5, 5.41) is 22.7. The lowest BCUT2D eigenvalue weighted by atomic mass is 9.85. The van der Waals surface area contributed by atoms with Crippen LogP contribution in [0.5, 0.6) is 0 Å². The molecule has 0 amide bonds. The van der Waals surface area contributed by atoms with Crippen LogP contribution in [-0.2, 0) is 0 Å². The van der Waals surface area contributed by atoms with E-state index < -0.39 is 5.60 Å². The molecular formula is C20H27N5O. The second-order valence-corrected chi connectivity index (χ2v) is 7.70. The maximum Gasteiger partial charge on any atom is 0.151 e. The fourth-order valence-corrected chi connectivity index (χ4v) is 3.95. The number of pyridine rings is 1. The molecule has 26 heavy (non-hydrogen) atoms. The van der Waals surface area contributed by atoms with E-state index in [1.165, 1.54) is 6.42 Å². The number of aromatic nitrogens is 3. The second-order valence-electron chi connectivity index (χ2n) is 7.70. The molecule has 1 aliphatic carbocycles. The van der Waals surface area contributed by atoms with Crippen molar-refractivity contribution in [1.29, 1.82) is 0 Å². The largest absolute Gasteiger partial charge is 0.389 e. The Hall–Kier alpha value is -2.05. The topological polar surface area (TPSA) is 74.2 Å².